The van der Waals surface area contributed by atoms with E-state index in [2.05, 4.69) is 30.8 Å². The second kappa shape index (κ2) is 9.81. The van der Waals surface area contributed by atoms with Crippen molar-refractivity contribution in [1.82, 2.24) is 25.6 Å². The highest BCUT2D eigenvalue weighted by Gasteiger charge is 2.17. The van der Waals surface area contributed by atoms with Gasteiger partial charge in [-0.15, -0.1) is 5.10 Å². The number of hydrogen-bond acceptors (Lipinski definition) is 7. The van der Waals surface area contributed by atoms with Gasteiger partial charge in [0.1, 0.15) is 6.33 Å². The quantitative estimate of drug-likeness (QED) is 0.299. The number of halogens is 1. The Morgan fingerprint density at radius 2 is 1.76 bits per heavy atom. The summed E-state index contributed by atoms with van der Waals surface area (Å²) in [6, 6.07) is 19.2. The number of carbonyl (C=O) groups is 1. The minimum atomic E-state index is -3.93. The number of benzene rings is 3. The normalized spacial score (nSPS) is 11.8. The second-order valence-electron chi connectivity index (χ2n) is 7.09. The van der Waals surface area contributed by atoms with Crippen LogP contribution in [-0.2, 0) is 10.0 Å². The van der Waals surface area contributed by atoms with E-state index in [1.807, 2.05) is 24.3 Å². The topological polar surface area (TPSA) is 131 Å². The van der Waals surface area contributed by atoms with E-state index < -0.39 is 15.9 Å². The molecule has 0 bridgehead atoms. The molecule has 172 valence electrons. The Balaban J connectivity index is 1.49. The number of amides is 1. The molecule has 0 radical (unpaired) electrons. The molecule has 0 saturated carbocycles. The zero-order chi connectivity index (χ0) is 24.1. The van der Waals surface area contributed by atoms with Crippen LogP contribution < -0.4 is 10.1 Å². The molecular formula is C22H18ClN7O3S. The number of sulfonamides is 1. The molecule has 12 heteroatoms. The molecule has 2 N–H and O–H groups in total. The number of rotatable bonds is 7. The Morgan fingerprint density at radius 1 is 1.00 bits per heavy atom. The molecule has 1 amide bonds. The van der Waals surface area contributed by atoms with E-state index in [4.69, 9.17) is 11.6 Å². The monoisotopic (exact) mass is 495 g/mol. The zero-order valence-electron chi connectivity index (χ0n) is 17.8. The van der Waals surface area contributed by atoms with Crippen molar-refractivity contribution in [2.24, 2.45) is 5.10 Å². The number of hydrazone groups is 1. The summed E-state index contributed by atoms with van der Waals surface area (Å²) in [4.78, 5) is 12.6. The number of aromatic nitrogens is 4. The molecule has 0 spiro atoms. The van der Waals surface area contributed by atoms with Gasteiger partial charge >= 0.3 is 0 Å². The van der Waals surface area contributed by atoms with Gasteiger partial charge in [-0.3, -0.25) is 9.52 Å². The van der Waals surface area contributed by atoms with E-state index >= 15 is 0 Å². The Bertz CT molecular complexity index is 1470. The Kier molecular flexibility index (Phi) is 6.66. The maximum Gasteiger partial charge on any atom is 0.271 e. The molecule has 34 heavy (non-hydrogen) atoms. The van der Waals surface area contributed by atoms with Crippen LogP contribution in [0.2, 0.25) is 5.02 Å². The summed E-state index contributed by atoms with van der Waals surface area (Å²) in [6.45, 7) is 1.73. The SMILES string of the molecule is C/C(=N\NC(=O)c1cccc(S(=O)(=O)Nc2cccc(Cl)c2)c1)c1cccc(-n2cnnn2)c1. The highest BCUT2D eigenvalue weighted by Crippen LogP contribution is 2.20. The molecule has 3 aromatic carbocycles. The number of nitrogens with zero attached hydrogens (tertiary/aromatic N) is 5. The Hall–Kier alpha value is -4.09. The van der Waals surface area contributed by atoms with Crippen LogP contribution in [0.4, 0.5) is 5.69 Å². The van der Waals surface area contributed by atoms with Crippen molar-refractivity contribution in [2.45, 2.75) is 11.8 Å². The molecule has 0 atom stereocenters. The minimum Gasteiger partial charge on any atom is -0.280 e. The lowest BCUT2D eigenvalue weighted by molar-refractivity contribution is 0.0954. The van der Waals surface area contributed by atoms with Crippen LogP contribution >= 0.6 is 11.6 Å². The van der Waals surface area contributed by atoms with Crippen molar-refractivity contribution in [3.05, 3.63) is 95.3 Å². The van der Waals surface area contributed by atoms with Gasteiger partial charge in [-0.2, -0.15) is 5.10 Å². The fraction of sp³-hybridized carbons (Fsp3) is 0.0455. The van der Waals surface area contributed by atoms with Gasteiger partial charge in [-0.1, -0.05) is 35.9 Å². The van der Waals surface area contributed by atoms with Gasteiger partial charge in [0.2, 0.25) is 0 Å². The van der Waals surface area contributed by atoms with Gasteiger partial charge in [0, 0.05) is 10.6 Å². The fourth-order valence-electron chi connectivity index (χ4n) is 2.99. The van der Waals surface area contributed by atoms with E-state index in [0.29, 0.717) is 16.4 Å². The lowest BCUT2D eigenvalue weighted by atomic mass is 10.1. The molecular weight excluding hydrogens is 478 g/mol. The summed E-state index contributed by atoms with van der Waals surface area (Å²) < 4.78 is 29.4. The summed E-state index contributed by atoms with van der Waals surface area (Å²) >= 11 is 5.92. The lowest BCUT2D eigenvalue weighted by Crippen LogP contribution is -2.20. The van der Waals surface area contributed by atoms with Crippen molar-refractivity contribution >= 4 is 38.9 Å². The summed E-state index contributed by atoms with van der Waals surface area (Å²) in [5.41, 5.74) is 4.91. The minimum absolute atomic E-state index is 0.0741. The molecule has 0 fully saturated rings. The van der Waals surface area contributed by atoms with E-state index in [1.165, 1.54) is 41.3 Å². The van der Waals surface area contributed by atoms with Crippen LogP contribution in [0.25, 0.3) is 5.69 Å². The average Bonchev–Trinajstić information content (AvgIpc) is 3.37. The highest BCUT2D eigenvalue weighted by atomic mass is 35.5. The summed E-state index contributed by atoms with van der Waals surface area (Å²) in [5, 5.41) is 15.6. The molecule has 4 rings (SSSR count). The first kappa shape index (κ1) is 23.1. The first-order valence-corrected chi connectivity index (χ1v) is 11.7. The predicted octanol–water partition coefficient (Wildman–Crippen LogP) is 3.27. The van der Waals surface area contributed by atoms with Crippen LogP contribution in [0.5, 0.6) is 0 Å². The smallest absolute Gasteiger partial charge is 0.271 e. The molecule has 4 aromatic rings. The summed E-state index contributed by atoms with van der Waals surface area (Å²) in [5.74, 6) is -0.559. The highest BCUT2D eigenvalue weighted by molar-refractivity contribution is 7.92. The number of tetrazole rings is 1. The van der Waals surface area contributed by atoms with Crippen molar-refractivity contribution in [2.75, 3.05) is 4.72 Å². The lowest BCUT2D eigenvalue weighted by Gasteiger charge is -2.10. The zero-order valence-corrected chi connectivity index (χ0v) is 19.3. The number of hydrogen-bond donors (Lipinski definition) is 2. The van der Waals surface area contributed by atoms with Gasteiger partial charge < -0.3 is 0 Å². The molecule has 1 aromatic heterocycles. The summed E-state index contributed by atoms with van der Waals surface area (Å²) in [6.07, 6.45) is 1.47. The van der Waals surface area contributed by atoms with E-state index in [9.17, 15) is 13.2 Å². The van der Waals surface area contributed by atoms with Crippen molar-refractivity contribution in [3.8, 4) is 5.69 Å². The maximum absolute atomic E-state index is 12.7. The van der Waals surface area contributed by atoms with E-state index in [-0.39, 0.29) is 10.5 Å². The fourth-order valence-corrected chi connectivity index (χ4v) is 4.27. The van der Waals surface area contributed by atoms with Gasteiger partial charge in [-0.25, -0.2) is 18.5 Å². The van der Waals surface area contributed by atoms with Crippen LogP contribution in [-0.4, -0.2) is 40.2 Å². The predicted molar refractivity (Wildman–Crippen MR) is 128 cm³/mol. The van der Waals surface area contributed by atoms with Gasteiger partial charge in [-0.05, 0) is 71.4 Å². The third kappa shape index (κ3) is 5.45. The van der Waals surface area contributed by atoms with Crippen LogP contribution in [0.1, 0.15) is 22.8 Å². The maximum atomic E-state index is 12.7. The summed E-state index contributed by atoms with van der Waals surface area (Å²) in [7, 11) is -3.93. The van der Waals surface area contributed by atoms with Crippen LogP contribution in [0.3, 0.4) is 0 Å². The number of nitrogens with one attached hydrogen (secondary N) is 2. The molecule has 10 nitrogen and oxygen atoms in total. The third-order valence-electron chi connectivity index (χ3n) is 4.69. The van der Waals surface area contributed by atoms with Crippen molar-refractivity contribution in [1.29, 1.82) is 0 Å². The Morgan fingerprint density at radius 3 is 2.53 bits per heavy atom. The first-order valence-electron chi connectivity index (χ1n) is 9.89. The van der Waals surface area contributed by atoms with Gasteiger partial charge in [0.05, 0.1) is 22.0 Å². The molecule has 0 aliphatic carbocycles. The van der Waals surface area contributed by atoms with Gasteiger partial charge in [0.15, 0.2) is 0 Å². The number of carbonyl (C=O) groups excluding carboxylic acids is 1. The second-order valence-corrected chi connectivity index (χ2v) is 9.21. The van der Waals surface area contributed by atoms with Crippen molar-refractivity contribution in [3.63, 3.8) is 0 Å². The van der Waals surface area contributed by atoms with Crippen LogP contribution in [0, 0.1) is 0 Å². The first-order chi connectivity index (χ1) is 16.3. The molecule has 0 aliphatic rings. The van der Waals surface area contributed by atoms with Crippen molar-refractivity contribution < 1.29 is 13.2 Å². The number of anilines is 1. The average molecular weight is 496 g/mol. The Labute approximate surface area is 200 Å². The molecule has 0 saturated heterocycles. The van der Waals surface area contributed by atoms with E-state index in [1.54, 1.807) is 25.1 Å². The van der Waals surface area contributed by atoms with Crippen LogP contribution in [0.15, 0.2) is 89.1 Å². The molecule has 0 unspecified atom stereocenters. The standard InChI is InChI=1S/C22H18ClN7O3S/c1-15(16-5-2-9-20(11-16)30-14-24-28-29-30)25-26-22(31)17-6-3-10-21(12-17)34(32,33)27-19-8-4-7-18(23)13-19/h2-14,27H,1H3,(H,26,31)/b25-15+. The molecule has 0 aliphatic heterocycles. The molecule has 1 heterocycles. The van der Waals surface area contributed by atoms with Gasteiger partial charge in [0.25, 0.3) is 15.9 Å². The third-order valence-corrected chi connectivity index (χ3v) is 6.30. The largest absolute Gasteiger partial charge is 0.280 e. The van der Waals surface area contributed by atoms with E-state index in [0.717, 1.165) is 11.3 Å².